The highest BCUT2D eigenvalue weighted by Gasteiger charge is 2.43. The monoisotopic (exact) mass is 194 g/mol. The maximum Gasteiger partial charge on any atom is 0.123 e. The molecule has 0 spiro atoms. The van der Waals surface area contributed by atoms with Crippen molar-refractivity contribution in [1.29, 1.82) is 0 Å². The van der Waals surface area contributed by atoms with Crippen LogP contribution in [0.1, 0.15) is 25.3 Å². The Balaban J connectivity index is 2.03. The molecule has 0 heterocycles. The Labute approximate surface area is 83.6 Å². The first-order valence-corrected chi connectivity index (χ1v) is 5.03. The summed E-state index contributed by atoms with van der Waals surface area (Å²) in [7, 11) is 0. The zero-order chi connectivity index (χ0) is 10.2. The zero-order valence-electron chi connectivity index (χ0n) is 8.33. The lowest BCUT2D eigenvalue weighted by atomic mass is 9.95. The smallest absolute Gasteiger partial charge is 0.123 e. The number of benzene rings is 1. The maximum absolute atomic E-state index is 12.8. The molecular weight excluding hydrogens is 179 g/mol. The second-order valence-electron chi connectivity index (χ2n) is 4.50. The van der Waals surface area contributed by atoms with Gasteiger partial charge in [0.2, 0.25) is 0 Å². The SMILES string of the molecule is CC1(C(O)Cc2cccc(F)c2)CC1. The lowest BCUT2D eigenvalue weighted by molar-refractivity contribution is 0.103. The Bertz CT molecular complexity index is 331. The molecule has 76 valence electrons. The molecule has 1 nitrogen and oxygen atoms in total. The van der Waals surface area contributed by atoms with Crippen molar-refractivity contribution in [2.24, 2.45) is 5.41 Å². The van der Waals surface area contributed by atoms with Crippen LogP contribution in [0.3, 0.4) is 0 Å². The van der Waals surface area contributed by atoms with E-state index in [0.29, 0.717) is 6.42 Å². The van der Waals surface area contributed by atoms with Crippen molar-refractivity contribution < 1.29 is 9.50 Å². The summed E-state index contributed by atoms with van der Waals surface area (Å²) in [5.41, 5.74) is 0.970. The van der Waals surface area contributed by atoms with Gasteiger partial charge in [0.15, 0.2) is 0 Å². The number of aliphatic hydroxyl groups is 1. The standard InChI is InChI=1S/C12H15FO/c1-12(5-6-12)11(14)8-9-3-2-4-10(13)7-9/h2-4,7,11,14H,5-6,8H2,1H3. The lowest BCUT2D eigenvalue weighted by Crippen LogP contribution is -2.21. The fraction of sp³-hybridized carbons (Fsp3) is 0.500. The van der Waals surface area contributed by atoms with Gasteiger partial charge in [0.25, 0.3) is 0 Å². The summed E-state index contributed by atoms with van der Waals surface area (Å²) in [6.07, 6.45) is 2.41. The van der Waals surface area contributed by atoms with Gasteiger partial charge in [0.1, 0.15) is 5.82 Å². The highest BCUT2D eigenvalue weighted by molar-refractivity contribution is 5.18. The van der Waals surface area contributed by atoms with Crippen LogP contribution in [0.25, 0.3) is 0 Å². The minimum absolute atomic E-state index is 0.0896. The van der Waals surface area contributed by atoms with E-state index < -0.39 is 0 Å². The summed E-state index contributed by atoms with van der Waals surface area (Å²) in [6, 6.07) is 6.47. The molecule has 1 saturated carbocycles. The Hall–Kier alpha value is -0.890. The lowest BCUT2D eigenvalue weighted by Gasteiger charge is -2.17. The van der Waals surface area contributed by atoms with Gasteiger partial charge >= 0.3 is 0 Å². The molecule has 0 aliphatic heterocycles. The number of hydrogen-bond donors (Lipinski definition) is 1. The van der Waals surface area contributed by atoms with E-state index in [0.717, 1.165) is 18.4 Å². The average molecular weight is 194 g/mol. The predicted octanol–water partition coefficient (Wildman–Crippen LogP) is 2.53. The van der Waals surface area contributed by atoms with E-state index in [2.05, 4.69) is 6.92 Å². The first kappa shape index (κ1) is 9.66. The molecule has 0 saturated heterocycles. The van der Waals surface area contributed by atoms with Crippen molar-refractivity contribution >= 4 is 0 Å². The van der Waals surface area contributed by atoms with Gasteiger partial charge in [-0.05, 0) is 42.4 Å². The molecule has 14 heavy (non-hydrogen) atoms. The first-order chi connectivity index (χ1) is 6.60. The molecule has 2 heteroatoms. The normalized spacial score (nSPS) is 20.5. The maximum atomic E-state index is 12.8. The summed E-state index contributed by atoms with van der Waals surface area (Å²) < 4.78 is 12.8. The second-order valence-corrected chi connectivity index (χ2v) is 4.50. The van der Waals surface area contributed by atoms with Crippen LogP contribution >= 0.6 is 0 Å². The molecular formula is C12H15FO. The third kappa shape index (κ3) is 1.95. The van der Waals surface area contributed by atoms with E-state index in [1.165, 1.54) is 12.1 Å². The Morgan fingerprint density at radius 3 is 2.79 bits per heavy atom. The molecule has 1 N–H and O–H groups in total. The highest BCUT2D eigenvalue weighted by atomic mass is 19.1. The zero-order valence-corrected chi connectivity index (χ0v) is 8.33. The Morgan fingerprint density at radius 1 is 1.50 bits per heavy atom. The molecule has 0 amide bonds. The molecule has 1 unspecified atom stereocenters. The van der Waals surface area contributed by atoms with E-state index in [4.69, 9.17) is 0 Å². The van der Waals surface area contributed by atoms with Crippen molar-refractivity contribution in [2.75, 3.05) is 0 Å². The highest BCUT2D eigenvalue weighted by Crippen LogP contribution is 2.48. The van der Waals surface area contributed by atoms with E-state index in [9.17, 15) is 9.50 Å². The largest absolute Gasteiger partial charge is 0.392 e. The topological polar surface area (TPSA) is 20.2 Å². The predicted molar refractivity (Wildman–Crippen MR) is 53.5 cm³/mol. The molecule has 0 radical (unpaired) electrons. The van der Waals surface area contributed by atoms with Gasteiger partial charge < -0.3 is 5.11 Å². The first-order valence-electron chi connectivity index (χ1n) is 5.03. The van der Waals surface area contributed by atoms with Crippen molar-refractivity contribution in [1.82, 2.24) is 0 Å². The van der Waals surface area contributed by atoms with Crippen molar-refractivity contribution in [2.45, 2.75) is 32.3 Å². The van der Waals surface area contributed by atoms with Crippen LogP contribution in [-0.2, 0) is 6.42 Å². The van der Waals surface area contributed by atoms with Crippen LogP contribution in [0, 0.1) is 11.2 Å². The molecule has 2 rings (SSSR count). The van der Waals surface area contributed by atoms with Crippen LogP contribution in [-0.4, -0.2) is 11.2 Å². The third-order valence-corrected chi connectivity index (χ3v) is 3.16. The molecule has 1 aromatic carbocycles. The van der Waals surface area contributed by atoms with E-state index in [-0.39, 0.29) is 17.3 Å². The third-order valence-electron chi connectivity index (χ3n) is 3.16. The molecule has 0 bridgehead atoms. The van der Waals surface area contributed by atoms with Crippen LogP contribution in [0.4, 0.5) is 4.39 Å². The van der Waals surface area contributed by atoms with E-state index >= 15 is 0 Å². The van der Waals surface area contributed by atoms with Gasteiger partial charge in [-0.1, -0.05) is 19.1 Å². The molecule has 1 aliphatic rings. The van der Waals surface area contributed by atoms with Crippen molar-refractivity contribution in [3.63, 3.8) is 0 Å². The molecule has 1 aliphatic carbocycles. The van der Waals surface area contributed by atoms with Crippen molar-refractivity contribution in [3.05, 3.63) is 35.6 Å². The Morgan fingerprint density at radius 2 is 2.21 bits per heavy atom. The number of aliphatic hydroxyl groups excluding tert-OH is 1. The Kier molecular flexibility index (Phi) is 2.31. The number of halogens is 1. The van der Waals surface area contributed by atoms with Gasteiger partial charge in [-0.15, -0.1) is 0 Å². The van der Waals surface area contributed by atoms with Crippen LogP contribution in [0.2, 0.25) is 0 Å². The van der Waals surface area contributed by atoms with Crippen molar-refractivity contribution in [3.8, 4) is 0 Å². The van der Waals surface area contributed by atoms with Gasteiger partial charge in [-0.3, -0.25) is 0 Å². The van der Waals surface area contributed by atoms with Crippen LogP contribution in [0.5, 0.6) is 0 Å². The summed E-state index contributed by atoms with van der Waals surface area (Å²) >= 11 is 0. The van der Waals surface area contributed by atoms with Gasteiger partial charge in [-0.2, -0.15) is 0 Å². The van der Waals surface area contributed by atoms with Crippen LogP contribution in [0.15, 0.2) is 24.3 Å². The average Bonchev–Trinajstić information content (AvgIpc) is 2.85. The quantitative estimate of drug-likeness (QED) is 0.784. The number of hydrogen-bond acceptors (Lipinski definition) is 1. The minimum atomic E-state index is -0.329. The minimum Gasteiger partial charge on any atom is -0.392 e. The number of rotatable bonds is 3. The van der Waals surface area contributed by atoms with Gasteiger partial charge in [0, 0.05) is 0 Å². The fourth-order valence-electron chi connectivity index (χ4n) is 1.66. The molecule has 1 aromatic rings. The van der Waals surface area contributed by atoms with Gasteiger partial charge in [-0.25, -0.2) is 4.39 Å². The molecule has 0 aromatic heterocycles. The van der Waals surface area contributed by atoms with E-state index in [1.807, 2.05) is 6.07 Å². The summed E-state index contributed by atoms with van der Waals surface area (Å²) in [4.78, 5) is 0. The van der Waals surface area contributed by atoms with Crippen LogP contribution < -0.4 is 0 Å². The fourth-order valence-corrected chi connectivity index (χ4v) is 1.66. The van der Waals surface area contributed by atoms with Gasteiger partial charge in [0.05, 0.1) is 6.10 Å². The molecule has 1 atom stereocenters. The summed E-state index contributed by atoms with van der Waals surface area (Å²) in [5.74, 6) is -0.226. The summed E-state index contributed by atoms with van der Waals surface area (Å²) in [5, 5.41) is 9.87. The van der Waals surface area contributed by atoms with E-state index in [1.54, 1.807) is 6.07 Å². The summed E-state index contributed by atoms with van der Waals surface area (Å²) in [6.45, 7) is 2.08. The second kappa shape index (κ2) is 3.35. The molecule has 1 fully saturated rings.